The van der Waals surface area contributed by atoms with E-state index >= 15 is 0 Å². The van der Waals surface area contributed by atoms with Crippen molar-refractivity contribution in [3.8, 4) is 11.3 Å². The third kappa shape index (κ3) is 1.32. The van der Waals surface area contributed by atoms with Crippen LogP contribution in [-0.4, -0.2) is 14.4 Å². The molecule has 0 radical (unpaired) electrons. The Labute approximate surface area is 91.2 Å². The third-order valence-corrected chi connectivity index (χ3v) is 2.48. The van der Waals surface area contributed by atoms with Crippen molar-refractivity contribution in [1.82, 2.24) is 14.4 Å². The fourth-order valence-corrected chi connectivity index (χ4v) is 1.70. The molecule has 0 fully saturated rings. The highest BCUT2D eigenvalue weighted by molar-refractivity contribution is 5.61. The van der Waals surface area contributed by atoms with Gasteiger partial charge in [0.1, 0.15) is 5.65 Å². The maximum absolute atomic E-state index is 11.6. The number of hydrogen-bond acceptors (Lipinski definition) is 2. The number of aromatic nitrogens is 3. The normalized spacial score (nSPS) is 10.8. The van der Waals surface area contributed by atoms with Gasteiger partial charge in [0.15, 0.2) is 0 Å². The number of pyridine rings is 2. The van der Waals surface area contributed by atoms with E-state index in [4.69, 9.17) is 0 Å². The molecule has 0 amide bonds. The van der Waals surface area contributed by atoms with Crippen molar-refractivity contribution >= 4 is 5.65 Å². The summed E-state index contributed by atoms with van der Waals surface area (Å²) in [7, 11) is 0. The molecule has 0 aromatic carbocycles. The first-order valence-corrected chi connectivity index (χ1v) is 4.95. The second-order valence-corrected chi connectivity index (χ2v) is 3.53. The van der Waals surface area contributed by atoms with E-state index < -0.39 is 0 Å². The zero-order valence-electron chi connectivity index (χ0n) is 8.42. The molecule has 0 aliphatic heterocycles. The van der Waals surface area contributed by atoms with E-state index in [2.05, 4.69) is 9.97 Å². The number of fused-ring (bicyclic) bond motifs is 1. The second-order valence-electron chi connectivity index (χ2n) is 3.53. The van der Waals surface area contributed by atoms with Gasteiger partial charge in [-0.05, 0) is 18.2 Å². The van der Waals surface area contributed by atoms with E-state index in [1.165, 1.54) is 6.07 Å². The molecule has 0 saturated carbocycles. The lowest BCUT2D eigenvalue weighted by Gasteiger charge is -1.93. The minimum absolute atomic E-state index is 0.0381. The summed E-state index contributed by atoms with van der Waals surface area (Å²) in [6.07, 6.45) is 5.27. The topological polar surface area (TPSA) is 50.2 Å². The number of imidazole rings is 1. The Balaban J connectivity index is 2.28. The van der Waals surface area contributed by atoms with Crippen LogP contribution in [0, 0.1) is 0 Å². The minimum Gasteiger partial charge on any atom is -0.340 e. The Morgan fingerprint density at radius 1 is 1.19 bits per heavy atom. The largest absolute Gasteiger partial charge is 0.340 e. The van der Waals surface area contributed by atoms with Crippen LogP contribution in [-0.2, 0) is 0 Å². The van der Waals surface area contributed by atoms with Crippen LogP contribution >= 0.6 is 0 Å². The average Bonchev–Trinajstić information content (AvgIpc) is 2.76. The molecule has 3 heterocycles. The molecule has 0 aliphatic carbocycles. The van der Waals surface area contributed by atoms with Crippen molar-refractivity contribution in [3.05, 3.63) is 59.3 Å². The van der Waals surface area contributed by atoms with E-state index in [0.29, 0.717) is 0 Å². The van der Waals surface area contributed by atoms with Crippen LogP contribution in [0.5, 0.6) is 0 Å². The number of nitrogens with zero attached hydrogens (tertiary/aromatic N) is 2. The molecule has 0 bridgehead atoms. The van der Waals surface area contributed by atoms with Crippen LogP contribution in [0.2, 0.25) is 0 Å². The van der Waals surface area contributed by atoms with Gasteiger partial charge in [-0.1, -0.05) is 6.07 Å². The summed E-state index contributed by atoms with van der Waals surface area (Å²) in [4.78, 5) is 18.8. The van der Waals surface area contributed by atoms with E-state index in [9.17, 15) is 4.79 Å². The van der Waals surface area contributed by atoms with Crippen LogP contribution < -0.4 is 5.56 Å². The van der Waals surface area contributed by atoms with Crippen LogP contribution in [0.15, 0.2) is 53.7 Å². The SMILES string of the molecule is O=c1cccc2[nH]c(-c3cccnc3)cn12. The predicted molar refractivity (Wildman–Crippen MR) is 61.2 cm³/mol. The highest BCUT2D eigenvalue weighted by atomic mass is 16.1. The van der Waals surface area contributed by atoms with Crippen molar-refractivity contribution in [2.75, 3.05) is 0 Å². The second kappa shape index (κ2) is 3.34. The van der Waals surface area contributed by atoms with Gasteiger partial charge in [0.25, 0.3) is 5.56 Å². The van der Waals surface area contributed by atoms with Crippen molar-refractivity contribution in [2.24, 2.45) is 0 Å². The highest BCUT2D eigenvalue weighted by Gasteiger charge is 2.03. The van der Waals surface area contributed by atoms with Gasteiger partial charge in [0.05, 0.1) is 5.69 Å². The lowest BCUT2D eigenvalue weighted by Crippen LogP contribution is -2.08. The Kier molecular flexibility index (Phi) is 1.86. The third-order valence-electron chi connectivity index (χ3n) is 2.48. The van der Waals surface area contributed by atoms with E-state index in [0.717, 1.165) is 16.9 Å². The molecule has 78 valence electrons. The van der Waals surface area contributed by atoms with Crippen LogP contribution in [0.4, 0.5) is 0 Å². The summed E-state index contributed by atoms with van der Waals surface area (Å²) >= 11 is 0. The molecule has 0 spiro atoms. The predicted octanol–water partition coefficient (Wildman–Crippen LogP) is 1.69. The molecule has 3 aromatic heterocycles. The lowest BCUT2D eigenvalue weighted by atomic mass is 10.2. The van der Waals surface area contributed by atoms with Gasteiger partial charge < -0.3 is 4.98 Å². The molecule has 16 heavy (non-hydrogen) atoms. The lowest BCUT2D eigenvalue weighted by molar-refractivity contribution is 1.11. The number of hydrogen-bond donors (Lipinski definition) is 1. The first-order chi connectivity index (χ1) is 7.84. The van der Waals surface area contributed by atoms with Crippen LogP contribution in [0.25, 0.3) is 16.9 Å². The van der Waals surface area contributed by atoms with Crippen molar-refractivity contribution in [2.45, 2.75) is 0 Å². The van der Waals surface area contributed by atoms with Crippen LogP contribution in [0.3, 0.4) is 0 Å². The molecule has 0 unspecified atom stereocenters. The Morgan fingerprint density at radius 3 is 2.88 bits per heavy atom. The highest BCUT2D eigenvalue weighted by Crippen LogP contribution is 2.16. The van der Waals surface area contributed by atoms with Gasteiger partial charge in [0.2, 0.25) is 0 Å². The molecular formula is C12H9N3O. The van der Waals surface area contributed by atoms with E-state index in [1.807, 2.05) is 18.2 Å². The summed E-state index contributed by atoms with van der Waals surface area (Å²) in [5, 5.41) is 0. The molecule has 3 aromatic rings. The minimum atomic E-state index is -0.0381. The molecule has 0 atom stereocenters. The Bertz CT molecular complexity index is 682. The van der Waals surface area contributed by atoms with Gasteiger partial charge in [-0.3, -0.25) is 14.2 Å². The zero-order chi connectivity index (χ0) is 11.0. The van der Waals surface area contributed by atoms with Gasteiger partial charge in [-0.2, -0.15) is 0 Å². The molecule has 3 rings (SSSR count). The molecule has 0 aliphatic rings. The summed E-state index contributed by atoms with van der Waals surface area (Å²) in [6, 6.07) is 8.95. The maximum Gasteiger partial charge on any atom is 0.256 e. The summed E-state index contributed by atoms with van der Waals surface area (Å²) < 4.78 is 1.59. The fraction of sp³-hybridized carbons (Fsp3) is 0. The van der Waals surface area contributed by atoms with Crippen molar-refractivity contribution in [1.29, 1.82) is 0 Å². The smallest absolute Gasteiger partial charge is 0.256 e. The van der Waals surface area contributed by atoms with Crippen molar-refractivity contribution in [3.63, 3.8) is 0 Å². The summed E-state index contributed by atoms with van der Waals surface area (Å²) in [6.45, 7) is 0. The molecular weight excluding hydrogens is 202 g/mol. The van der Waals surface area contributed by atoms with Gasteiger partial charge in [-0.25, -0.2) is 0 Å². The molecule has 4 nitrogen and oxygen atoms in total. The number of H-pyrrole nitrogens is 1. The van der Waals surface area contributed by atoms with E-state index in [1.54, 1.807) is 29.1 Å². The number of aromatic amines is 1. The summed E-state index contributed by atoms with van der Waals surface area (Å²) in [5.74, 6) is 0. The fourth-order valence-electron chi connectivity index (χ4n) is 1.70. The van der Waals surface area contributed by atoms with Gasteiger partial charge in [0, 0.05) is 30.2 Å². The quantitative estimate of drug-likeness (QED) is 0.665. The average molecular weight is 211 g/mol. The molecule has 1 N–H and O–H groups in total. The molecule has 0 saturated heterocycles. The number of rotatable bonds is 1. The standard InChI is InChI=1S/C12H9N3O/c16-12-5-1-4-11-14-10(8-15(11)12)9-3-2-6-13-7-9/h1-8,14H. The molecule has 4 heteroatoms. The maximum atomic E-state index is 11.6. The number of nitrogens with one attached hydrogen (secondary N) is 1. The summed E-state index contributed by atoms with van der Waals surface area (Å²) in [5.41, 5.74) is 2.59. The van der Waals surface area contributed by atoms with Crippen molar-refractivity contribution < 1.29 is 0 Å². The first kappa shape index (κ1) is 8.91. The Morgan fingerprint density at radius 2 is 2.12 bits per heavy atom. The monoisotopic (exact) mass is 211 g/mol. The van der Waals surface area contributed by atoms with Crippen LogP contribution in [0.1, 0.15) is 0 Å². The Hall–Kier alpha value is -2.36. The zero-order valence-corrected chi connectivity index (χ0v) is 8.42. The van der Waals surface area contributed by atoms with Gasteiger partial charge >= 0.3 is 0 Å². The van der Waals surface area contributed by atoms with E-state index in [-0.39, 0.29) is 5.56 Å². The van der Waals surface area contributed by atoms with Gasteiger partial charge in [-0.15, -0.1) is 0 Å². The first-order valence-electron chi connectivity index (χ1n) is 4.95.